The Morgan fingerprint density at radius 1 is 0.344 bits per heavy atom. The van der Waals surface area contributed by atoms with Gasteiger partial charge in [0.15, 0.2) is 0 Å². The van der Waals surface area contributed by atoms with Crippen molar-refractivity contribution >= 4 is 20.5 Å². The van der Waals surface area contributed by atoms with Gasteiger partial charge in [-0.05, 0) is 86.8 Å². The summed E-state index contributed by atoms with van der Waals surface area (Å²) in [4.78, 5) is 0. The summed E-state index contributed by atoms with van der Waals surface area (Å²) in [6.07, 6.45) is 35.2. The number of nitrogens with zero attached hydrogens (tertiary/aromatic N) is 2. The first-order valence-electron chi connectivity index (χ1n) is 26.2. The molecule has 0 N–H and O–H groups in total. The minimum atomic E-state index is 1.02. The molecule has 3 heteroatoms. The normalized spacial score (nSPS) is 12.7. The summed E-state index contributed by atoms with van der Waals surface area (Å²) in [5.74, 6) is 0. The van der Waals surface area contributed by atoms with Gasteiger partial charge in [0.2, 0.25) is 11.4 Å². The Morgan fingerprint density at radius 3 is 0.984 bits per heavy atom. The monoisotopic (exact) mass is 907 g/mol. The van der Waals surface area contributed by atoms with Crippen LogP contribution in [0.4, 0.5) is 0 Å². The zero-order valence-electron chi connectivity index (χ0n) is 41.5. The van der Waals surface area contributed by atoms with Gasteiger partial charge in [-0.3, -0.25) is 0 Å². The summed E-state index contributed by atoms with van der Waals surface area (Å²) in [6.45, 7) is 13.3. The van der Waals surface area contributed by atoms with E-state index in [-0.39, 0.29) is 0 Å². The van der Waals surface area contributed by atoms with Gasteiger partial charge in [0.05, 0.1) is 0 Å². The van der Waals surface area contributed by atoms with Crippen LogP contribution in [0.5, 0.6) is 0 Å². The predicted octanol–water partition coefficient (Wildman–Crippen LogP) is 18.1. The Balaban J connectivity index is 0.000000499. The van der Waals surface area contributed by atoms with Gasteiger partial charge in [-0.1, -0.05) is 174 Å². The Kier molecular flexibility index (Phi) is 26.7. The fraction of sp³-hybridized carbons (Fsp3) is 0.541. The minimum absolute atomic E-state index is 1.02. The molecule has 5 rings (SSSR count). The predicted molar refractivity (Wildman–Crippen MR) is 277 cm³/mol. The van der Waals surface area contributed by atoms with E-state index < -0.39 is 0 Å². The van der Waals surface area contributed by atoms with Gasteiger partial charge in [-0.15, -0.1) is 0 Å². The number of aryl methyl sites for hydroxylation is 4. The van der Waals surface area contributed by atoms with E-state index in [0.717, 1.165) is 61.0 Å². The first-order chi connectivity index (χ1) is 31.4. The van der Waals surface area contributed by atoms with E-state index in [1.54, 1.807) is 19.1 Å². The van der Waals surface area contributed by atoms with E-state index in [0.29, 0.717) is 0 Å². The molecule has 1 aliphatic rings. The zero-order valence-corrected chi connectivity index (χ0v) is 42.5. The van der Waals surface area contributed by atoms with E-state index in [9.17, 15) is 5.53 Å². The topological polar surface area (TPSA) is 25.3 Å². The second kappa shape index (κ2) is 32.2. The molecule has 0 fully saturated rings. The van der Waals surface area contributed by atoms with E-state index in [4.69, 9.17) is 0 Å². The molecule has 2 nitrogen and oxygen atoms in total. The molecule has 1 heterocycles. The Bertz CT molecular complexity index is 1870. The third kappa shape index (κ3) is 19.5. The Labute approximate surface area is 399 Å². The molecule has 0 saturated carbocycles. The van der Waals surface area contributed by atoms with Crippen LogP contribution in [0.1, 0.15) is 222 Å². The van der Waals surface area contributed by atoms with E-state index in [2.05, 4.69) is 139 Å². The number of unbranched alkanes of at least 4 members (excludes halogenated alkanes) is 19. The van der Waals surface area contributed by atoms with Crippen LogP contribution in [0, 0.1) is 13.8 Å². The van der Waals surface area contributed by atoms with Crippen molar-refractivity contribution in [2.45, 2.75) is 215 Å². The zero-order chi connectivity index (χ0) is 45.6. The number of allylic oxidation sites excluding steroid dienone is 2. The summed E-state index contributed by atoms with van der Waals surface area (Å²) in [5, 5.41) is 0. The summed E-state index contributed by atoms with van der Waals surface area (Å²) in [6, 6.07) is 35.5. The molecular weight excluding hydrogens is 819 g/mol. The second-order valence-electron chi connectivity index (χ2n) is 18.7. The summed E-state index contributed by atoms with van der Waals surface area (Å²) >= 11 is 1.61. The molecule has 1 aliphatic heterocycles. The van der Waals surface area contributed by atoms with Crippen molar-refractivity contribution < 1.29 is 19.1 Å². The Hall–Kier alpha value is -3.55. The number of hydrogen-bond acceptors (Lipinski definition) is 0. The van der Waals surface area contributed by atoms with Crippen LogP contribution < -0.4 is 9.07 Å². The molecule has 4 aromatic rings. The molecule has 0 radical (unpaired) electrons. The summed E-state index contributed by atoms with van der Waals surface area (Å²) < 4.78 is 4.20. The molecule has 0 aliphatic carbocycles. The van der Waals surface area contributed by atoms with Crippen LogP contribution >= 0.6 is 0 Å². The van der Waals surface area contributed by atoms with Crippen LogP contribution in [-0.4, -0.2) is 4.70 Å². The van der Waals surface area contributed by atoms with E-state index in [1.165, 1.54) is 177 Å². The average Bonchev–Trinajstić information content (AvgIpc) is 3.59. The third-order valence-corrected chi connectivity index (χ3v) is 14.2. The van der Waals surface area contributed by atoms with Crippen LogP contribution in [0.15, 0.2) is 108 Å². The fourth-order valence-corrected chi connectivity index (χ4v) is 9.83. The maximum atomic E-state index is 12.0. The maximum absolute atomic E-state index is 12.0. The van der Waals surface area contributed by atoms with Gasteiger partial charge in [-0.2, -0.15) is 0 Å². The van der Waals surface area contributed by atoms with Gasteiger partial charge < -0.3 is 5.53 Å². The standard InChI is InChI=1S/C47H74N2.2C7H7.Ni/c1-5-9-13-14-15-16-17-18-19-20-21-22-23-24-25-26-27-31-45-44(30-12-8-4)46(42-36-32-40(33-37-42)28-10-6-2)49(48)47(45)43-38-34-41(35-39-43)29-11-7-3;2*1-7-5-3-2-4-6-7;/h32-39H,5-31H2,1-4H3;2*3-6H,1H3;. The molecular formula is C61H88N2Ni. The molecule has 64 heavy (non-hydrogen) atoms. The first-order valence-corrected chi connectivity index (χ1v) is 27.2. The van der Waals surface area contributed by atoms with Crippen molar-refractivity contribution in [3.63, 3.8) is 0 Å². The van der Waals surface area contributed by atoms with Crippen molar-refractivity contribution in [1.82, 2.24) is 0 Å². The Morgan fingerprint density at radius 2 is 0.641 bits per heavy atom. The molecule has 0 saturated heterocycles. The van der Waals surface area contributed by atoms with Crippen molar-refractivity contribution in [3.05, 3.63) is 147 Å². The third-order valence-electron chi connectivity index (χ3n) is 12.9. The molecule has 0 atom stereocenters. The summed E-state index contributed by atoms with van der Waals surface area (Å²) in [7, 11) is 0. The first kappa shape index (κ1) is 53.1. The molecule has 0 spiro atoms. The quantitative estimate of drug-likeness (QED) is 0.0273. The van der Waals surface area contributed by atoms with Crippen LogP contribution in [0.25, 0.3) is 16.9 Å². The van der Waals surface area contributed by atoms with E-state index in [1.807, 2.05) is 0 Å². The van der Waals surface area contributed by atoms with Crippen molar-refractivity contribution in [2.24, 2.45) is 0 Å². The van der Waals surface area contributed by atoms with Gasteiger partial charge in [0.1, 0.15) is 0 Å². The second-order valence-corrected chi connectivity index (χ2v) is 20.1. The average molecular weight is 908 g/mol. The molecule has 352 valence electrons. The molecule has 0 aromatic heterocycles. The number of rotatable bonds is 31. The molecule has 4 aromatic carbocycles. The fourth-order valence-electron chi connectivity index (χ4n) is 8.84. The molecule has 0 amide bonds. The summed E-state index contributed by atoms with van der Waals surface area (Å²) in [5.41, 5.74) is 24.5. The molecule has 0 unspecified atom stereocenters. The number of benzene rings is 4. The van der Waals surface area contributed by atoms with Gasteiger partial charge >= 0.3 is 97.0 Å². The van der Waals surface area contributed by atoms with Crippen LogP contribution in [0.3, 0.4) is 0 Å². The van der Waals surface area contributed by atoms with Gasteiger partial charge in [0.25, 0.3) is 0 Å². The van der Waals surface area contributed by atoms with Crippen molar-refractivity contribution in [3.8, 4) is 0 Å². The van der Waals surface area contributed by atoms with Crippen LogP contribution in [-0.2, 0) is 27.3 Å². The number of hydrogen-bond donors (Lipinski definition) is 0. The van der Waals surface area contributed by atoms with Gasteiger partial charge in [0, 0.05) is 22.3 Å². The molecule has 0 bridgehead atoms. The van der Waals surface area contributed by atoms with Crippen molar-refractivity contribution in [2.75, 3.05) is 0 Å². The van der Waals surface area contributed by atoms with Crippen LogP contribution in [0.2, 0.25) is 0 Å². The van der Waals surface area contributed by atoms with Crippen molar-refractivity contribution in [1.29, 1.82) is 0 Å². The SMILES string of the molecule is CCCCCCCCCCCCCCCCCCCC1=C(c2ccc(CCCC)cc2)[N+](=[N-])C(c2ccc(CCCC)cc2)=C1CCCC.Cc1cc[c]([Ni][c]2ccc(C)cc2)cc1. The van der Waals surface area contributed by atoms with E-state index >= 15 is 0 Å². The van der Waals surface area contributed by atoms with Gasteiger partial charge in [-0.25, -0.2) is 4.70 Å².